The fourth-order valence-corrected chi connectivity index (χ4v) is 1.91. The second-order valence-corrected chi connectivity index (χ2v) is 4.07. The van der Waals surface area contributed by atoms with Crippen LogP contribution in [0.5, 0.6) is 0 Å². The number of nitro benzene ring substituents is 1. The Bertz CT molecular complexity index is 652. The van der Waals surface area contributed by atoms with E-state index in [0.29, 0.717) is 16.7 Å². The van der Waals surface area contributed by atoms with Crippen LogP contribution in [0.4, 0.5) is 5.69 Å². The number of benzene rings is 2. The van der Waals surface area contributed by atoms with Gasteiger partial charge in [-0.25, -0.2) is 4.79 Å². The van der Waals surface area contributed by atoms with Crippen LogP contribution in [-0.2, 0) is 4.74 Å². The molecule has 20 heavy (non-hydrogen) atoms. The lowest BCUT2D eigenvalue weighted by molar-refractivity contribution is -0.384. The topological polar surface area (TPSA) is 69.4 Å². The predicted octanol–water partition coefficient (Wildman–Crippen LogP) is 3.44. The lowest BCUT2D eigenvalue weighted by atomic mass is 9.99. The van der Waals surface area contributed by atoms with E-state index < -0.39 is 10.9 Å². The number of carbonyl (C=O) groups excluding carboxylic acids is 1. The van der Waals surface area contributed by atoms with Gasteiger partial charge in [0, 0.05) is 12.1 Å². The second-order valence-electron chi connectivity index (χ2n) is 4.07. The van der Waals surface area contributed by atoms with E-state index >= 15 is 0 Å². The van der Waals surface area contributed by atoms with E-state index in [2.05, 4.69) is 0 Å². The molecule has 2 aromatic rings. The summed E-state index contributed by atoms with van der Waals surface area (Å²) in [5, 5.41) is 10.8. The maximum Gasteiger partial charge on any atom is 0.338 e. The largest absolute Gasteiger partial charge is 0.462 e. The van der Waals surface area contributed by atoms with Crippen molar-refractivity contribution in [3.8, 4) is 11.1 Å². The maximum atomic E-state index is 11.9. The van der Waals surface area contributed by atoms with Crippen molar-refractivity contribution in [2.45, 2.75) is 6.92 Å². The third-order valence-corrected chi connectivity index (χ3v) is 2.79. The van der Waals surface area contributed by atoms with E-state index in [1.807, 2.05) is 0 Å². The molecule has 102 valence electrons. The molecule has 0 N–H and O–H groups in total. The standard InChI is InChI=1S/C15H13NO4/c1-2-20-15(17)14-9-4-3-8-13(14)11-6-5-7-12(10-11)16(18)19/h3-10H,2H2,1H3. The lowest BCUT2D eigenvalue weighted by Crippen LogP contribution is -2.06. The number of rotatable bonds is 4. The van der Waals surface area contributed by atoms with Gasteiger partial charge in [0.15, 0.2) is 0 Å². The Morgan fingerprint density at radius 2 is 1.95 bits per heavy atom. The molecule has 2 aromatic carbocycles. The molecule has 0 radical (unpaired) electrons. The highest BCUT2D eigenvalue weighted by molar-refractivity contribution is 5.97. The third-order valence-electron chi connectivity index (χ3n) is 2.79. The van der Waals surface area contributed by atoms with Crippen molar-refractivity contribution in [2.24, 2.45) is 0 Å². The van der Waals surface area contributed by atoms with Crippen LogP contribution in [0, 0.1) is 10.1 Å². The van der Waals surface area contributed by atoms with Crippen molar-refractivity contribution in [1.82, 2.24) is 0 Å². The molecule has 0 atom stereocenters. The molecule has 0 aliphatic rings. The Morgan fingerprint density at radius 3 is 2.65 bits per heavy atom. The molecule has 0 aromatic heterocycles. The summed E-state index contributed by atoms with van der Waals surface area (Å²) in [7, 11) is 0. The van der Waals surface area contributed by atoms with E-state index in [0.717, 1.165) is 0 Å². The van der Waals surface area contributed by atoms with Crippen molar-refractivity contribution in [2.75, 3.05) is 6.61 Å². The molecule has 0 unspecified atom stereocenters. The number of esters is 1. The van der Waals surface area contributed by atoms with Crippen molar-refractivity contribution < 1.29 is 14.5 Å². The van der Waals surface area contributed by atoms with Crippen molar-refractivity contribution in [3.05, 3.63) is 64.2 Å². The van der Waals surface area contributed by atoms with Gasteiger partial charge < -0.3 is 4.74 Å². The Kier molecular flexibility index (Phi) is 4.10. The van der Waals surface area contributed by atoms with Crippen LogP contribution in [-0.4, -0.2) is 17.5 Å². The zero-order valence-electron chi connectivity index (χ0n) is 10.9. The Balaban J connectivity index is 2.50. The highest BCUT2D eigenvalue weighted by Crippen LogP contribution is 2.27. The Hall–Kier alpha value is -2.69. The van der Waals surface area contributed by atoms with Crippen LogP contribution in [0.15, 0.2) is 48.5 Å². The van der Waals surface area contributed by atoms with Crippen LogP contribution in [0.1, 0.15) is 17.3 Å². The molecule has 0 heterocycles. The predicted molar refractivity (Wildman–Crippen MR) is 74.5 cm³/mol. The minimum absolute atomic E-state index is 0.0128. The highest BCUT2D eigenvalue weighted by atomic mass is 16.6. The van der Waals surface area contributed by atoms with E-state index in [1.165, 1.54) is 12.1 Å². The first-order valence-corrected chi connectivity index (χ1v) is 6.14. The molecular formula is C15H13NO4. The smallest absolute Gasteiger partial charge is 0.338 e. The first kappa shape index (κ1) is 13.7. The third kappa shape index (κ3) is 2.83. The number of ether oxygens (including phenoxy) is 1. The van der Waals surface area contributed by atoms with E-state index in [9.17, 15) is 14.9 Å². The van der Waals surface area contributed by atoms with E-state index in [-0.39, 0.29) is 12.3 Å². The Labute approximate surface area is 116 Å². The first-order chi connectivity index (χ1) is 9.63. The summed E-state index contributed by atoms with van der Waals surface area (Å²) in [6.45, 7) is 2.01. The molecule has 5 nitrogen and oxygen atoms in total. The normalized spacial score (nSPS) is 10.1. The van der Waals surface area contributed by atoms with E-state index in [1.54, 1.807) is 43.3 Å². The minimum Gasteiger partial charge on any atom is -0.462 e. The SMILES string of the molecule is CCOC(=O)c1ccccc1-c1cccc([N+](=O)[O-])c1. The average molecular weight is 271 g/mol. The quantitative estimate of drug-likeness (QED) is 0.485. The number of nitrogens with zero attached hydrogens (tertiary/aromatic N) is 1. The summed E-state index contributed by atoms with van der Waals surface area (Å²) in [6, 6.07) is 13.1. The summed E-state index contributed by atoms with van der Waals surface area (Å²) < 4.78 is 4.99. The van der Waals surface area contributed by atoms with E-state index in [4.69, 9.17) is 4.74 Å². The number of hydrogen-bond donors (Lipinski definition) is 0. The molecule has 0 saturated carbocycles. The molecule has 0 saturated heterocycles. The van der Waals surface area contributed by atoms with Crippen LogP contribution >= 0.6 is 0 Å². The zero-order chi connectivity index (χ0) is 14.5. The molecule has 5 heteroatoms. The number of carbonyl (C=O) groups is 1. The highest BCUT2D eigenvalue weighted by Gasteiger charge is 2.15. The van der Waals surface area contributed by atoms with Crippen molar-refractivity contribution in [3.63, 3.8) is 0 Å². The number of non-ortho nitro benzene ring substituents is 1. The fourth-order valence-electron chi connectivity index (χ4n) is 1.91. The van der Waals surface area contributed by atoms with Gasteiger partial charge in [0.25, 0.3) is 5.69 Å². The second kappa shape index (κ2) is 5.97. The van der Waals surface area contributed by atoms with Gasteiger partial charge in [0.05, 0.1) is 17.1 Å². The van der Waals surface area contributed by atoms with Crippen LogP contribution < -0.4 is 0 Å². The van der Waals surface area contributed by atoms with Crippen molar-refractivity contribution >= 4 is 11.7 Å². The van der Waals surface area contributed by atoms with Crippen LogP contribution in [0.3, 0.4) is 0 Å². The molecular weight excluding hydrogens is 258 g/mol. The molecule has 2 rings (SSSR count). The number of hydrogen-bond acceptors (Lipinski definition) is 4. The van der Waals surface area contributed by atoms with Gasteiger partial charge >= 0.3 is 5.97 Å². The van der Waals surface area contributed by atoms with Crippen LogP contribution in [0.25, 0.3) is 11.1 Å². The van der Waals surface area contributed by atoms with Gasteiger partial charge in [-0.05, 0) is 24.1 Å². The van der Waals surface area contributed by atoms with Crippen LogP contribution in [0.2, 0.25) is 0 Å². The summed E-state index contributed by atoms with van der Waals surface area (Å²) >= 11 is 0. The van der Waals surface area contributed by atoms with Gasteiger partial charge in [-0.15, -0.1) is 0 Å². The minimum atomic E-state index is -0.462. The van der Waals surface area contributed by atoms with Crippen molar-refractivity contribution in [1.29, 1.82) is 0 Å². The maximum absolute atomic E-state index is 11.9. The molecule has 0 spiro atoms. The summed E-state index contributed by atoms with van der Waals surface area (Å²) in [5.41, 5.74) is 1.62. The number of nitro groups is 1. The lowest BCUT2D eigenvalue weighted by Gasteiger charge is -2.08. The van der Waals surface area contributed by atoms with Gasteiger partial charge in [-0.2, -0.15) is 0 Å². The summed E-state index contributed by atoms with van der Waals surface area (Å²) in [4.78, 5) is 22.3. The molecule has 0 fully saturated rings. The summed E-state index contributed by atoms with van der Waals surface area (Å²) in [6.07, 6.45) is 0. The van der Waals surface area contributed by atoms with Gasteiger partial charge in [-0.3, -0.25) is 10.1 Å². The summed E-state index contributed by atoms with van der Waals surface area (Å²) in [5.74, 6) is -0.436. The van der Waals surface area contributed by atoms with Gasteiger partial charge in [0.1, 0.15) is 0 Å². The fraction of sp³-hybridized carbons (Fsp3) is 0.133. The average Bonchev–Trinajstić information content (AvgIpc) is 2.47. The zero-order valence-corrected chi connectivity index (χ0v) is 10.9. The first-order valence-electron chi connectivity index (χ1n) is 6.14. The molecule has 0 aliphatic carbocycles. The molecule has 0 bridgehead atoms. The molecule has 0 amide bonds. The van der Waals surface area contributed by atoms with Gasteiger partial charge in [0.2, 0.25) is 0 Å². The monoisotopic (exact) mass is 271 g/mol. The van der Waals surface area contributed by atoms with Gasteiger partial charge in [-0.1, -0.05) is 30.3 Å². The molecule has 0 aliphatic heterocycles. The Morgan fingerprint density at radius 1 is 1.20 bits per heavy atom.